The molecule has 25 heavy (non-hydrogen) atoms. The van der Waals surface area contributed by atoms with Crippen LogP contribution in [0.2, 0.25) is 0 Å². The zero-order valence-electron chi connectivity index (χ0n) is 15.9. The minimum atomic E-state index is -0.199. The predicted octanol–water partition coefficient (Wildman–Crippen LogP) is 3.94. The summed E-state index contributed by atoms with van der Waals surface area (Å²) in [6.07, 6.45) is 0. The van der Waals surface area contributed by atoms with Gasteiger partial charge in [-0.1, -0.05) is 34.9 Å². The van der Waals surface area contributed by atoms with Crippen LogP contribution >= 0.6 is 0 Å². The van der Waals surface area contributed by atoms with Crippen LogP contribution in [0.15, 0.2) is 30.3 Å². The summed E-state index contributed by atoms with van der Waals surface area (Å²) in [5, 5.41) is 2.93. The average Bonchev–Trinajstić information content (AvgIpc) is 2.49. The summed E-state index contributed by atoms with van der Waals surface area (Å²) in [4.78, 5) is 26.4. The molecule has 0 aliphatic carbocycles. The molecule has 0 bridgehead atoms. The van der Waals surface area contributed by atoms with E-state index in [1.54, 1.807) is 7.05 Å². The molecule has 0 aliphatic rings. The van der Waals surface area contributed by atoms with E-state index in [0.717, 1.165) is 33.5 Å². The van der Waals surface area contributed by atoms with E-state index >= 15 is 0 Å². The highest BCUT2D eigenvalue weighted by Crippen LogP contribution is 2.22. The van der Waals surface area contributed by atoms with Crippen molar-refractivity contribution in [3.63, 3.8) is 0 Å². The number of rotatable bonds is 4. The molecule has 0 saturated carbocycles. The minimum Gasteiger partial charge on any atom is -0.332 e. The van der Waals surface area contributed by atoms with Gasteiger partial charge in [0.25, 0.3) is 5.91 Å². The van der Waals surface area contributed by atoms with Crippen molar-refractivity contribution >= 4 is 17.5 Å². The number of amides is 2. The van der Waals surface area contributed by atoms with Crippen molar-refractivity contribution in [1.82, 2.24) is 4.90 Å². The highest BCUT2D eigenvalue weighted by atomic mass is 16.2. The molecule has 0 atom stereocenters. The van der Waals surface area contributed by atoms with Crippen molar-refractivity contribution in [1.29, 1.82) is 0 Å². The summed E-state index contributed by atoms with van der Waals surface area (Å²) in [6.45, 7) is 9.90. The number of carbonyl (C=O) groups excluding carboxylic acids is 2. The number of benzene rings is 2. The SMILES string of the molecule is Cc1cc(C)cc(C(=O)N(C)CC(=O)Nc2c(C)cc(C)cc2C)c1. The maximum atomic E-state index is 12.6. The van der Waals surface area contributed by atoms with Crippen molar-refractivity contribution in [2.45, 2.75) is 34.6 Å². The van der Waals surface area contributed by atoms with Gasteiger partial charge in [0.2, 0.25) is 5.91 Å². The number of likely N-dealkylation sites (N-methyl/N-ethyl adjacent to an activating group) is 1. The average molecular weight is 338 g/mol. The van der Waals surface area contributed by atoms with Gasteiger partial charge in [0, 0.05) is 18.3 Å². The molecule has 2 amide bonds. The van der Waals surface area contributed by atoms with E-state index in [-0.39, 0.29) is 18.4 Å². The molecule has 0 radical (unpaired) electrons. The van der Waals surface area contributed by atoms with Crippen molar-refractivity contribution in [2.24, 2.45) is 0 Å². The predicted molar refractivity (Wildman–Crippen MR) is 102 cm³/mol. The second-order valence-electron chi connectivity index (χ2n) is 6.86. The maximum Gasteiger partial charge on any atom is 0.254 e. The molecule has 132 valence electrons. The van der Waals surface area contributed by atoms with Crippen molar-refractivity contribution in [2.75, 3.05) is 18.9 Å². The number of aryl methyl sites for hydroxylation is 5. The molecule has 0 heterocycles. The smallest absolute Gasteiger partial charge is 0.254 e. The Bertz CT molecular complexity index is 781. The van der Waals surface area contributed by atoms with Gasteiger partial charge < -0.3 is 10.2 Å². The molecule has 2 aromatic carbocycles. The van der Waals surface area contributed by atoms with Gasteiger partial charge in [-0.15, -0.1) is 0 Å². The van der Waals surface area contributed by atoms with Crippen LogP contribution in [0.5, 0.6) is 0 Å². The summed E-state index contributed by atoms with van der Waals surface area (Å²) >= 11 is 0. The number of carbonyl (C=O) groups is 2. The molecule has 0 aliphatic heterocycles. The van der Waals surface area contributed by atoms with Crippen LogP contribution in [0.4, 0.5) is 5.69 Å². The summed E-state index contributed by atoms with van der Waals surface area (Å²) in [7, 11) is 1.65. The Labute approximate surface area is 149 Å². The molecule has 2 aromatic rings. The highest BCUT2D eigenvalue weighted by molar-refractivity contribution is 6.00. The third-order valence-corrected chi connectivity index (χ3v) is 4.14. The topological polar surface area (TPSA) is 49.4 Å². The molecule has 4 nitrogen and oxygen atoms in total. The zero-order valence-corrected chi connectivity index (χ0v) is 15.9. The zero-order chi connectivity index (χ0) is 18.7. The number of nitrogens with one attached hydrogen (secondary N) is 1. The second kappa shape index (κ2) is 7.51. The summed E-state index contributed by atoms with van der Waals surface area (Å²) < 4.78 is 0. The molecule has 0 aromatic heterocycles. The number of nitrogens with zero attached hydrogens (tertiary/aromatic N) is 1. The number of anilines is 1. The Balaban J connectivity index is 2.08. The first-order valence-electron chi connectivity index (χ1n) is 8.39. The molecular formula is C21H26N2O2. The lowest BCUT2D eigenvalue weighted by molar-refractivity contribution is -0.116. The quantitative estimate of drug-likeness (QED) is 0.918. The van der Waals surface area contributed by atoms with Gasteiger partial charge in [-0.3, -0.25) is 9.59 Å². The van der Waals surface area contributed by atoms with Gasteiger partial charge in [0.15, 0.2) is 0 Å². The summed E-state index contributed by atoms with van der Waals surface area (Å²) in [5.41, 5.74) is 6.70. The van der Waals surface area contributed by atoms with Crippen LogP contribution in [-0.2, 0) is 4.79 Å². The molecule has 0 unspecified atom stereocenters. The standard InChI is InChI=1S/C21H26N2O2/c1-13-7-14(2)11-18(10-13)21(25)23(6)12-19(24)22-20-16(4)8-15(3)9-17(20)5/h7-11H,12H2,1-6H3,(H,22,24). The molecule has 2 rings (SSSR count). The van der Waals surface area contributed by atoms with E-state index in [1.165, 1.54) is 4.90 Å². The van der Waals surface area contributed by atoms with Crippen molar-refractivity contribution in [3.05, 3.63) is 63.7 Å². The maximum absolute atomic E-state index is 12.6. The normalized spacial score (nSPS) is 10.5. The minimum absolute atomic E-state index is 0.0125. The Kier molecular flexibility index (Phi) is 5.62. The lowest BCUT2D eigenvalue weighted by atomic mass is 10.1. The first kappa shape index (κ1) is 18.7. The third-order valence-electron chi connectivity index (χ3n) is 4.14. The monoisotopic (exact) mass is 338 g/mol. The van der Waals surface area contributed by atoms with Crippen LogP contribution in [0.3, 0.4) is 0 Å². The molecule has 1 N–H and O–H groups in total. The summed E-state index contributed by atoms with van der Waals surface area (Å²) in [6, 6.07) is 9.78. The highest BCUT2D eigenvalue weighted by Gasteiger charge is 2.16. The van der Waals surface area contributed by atoms with Crippen LogP contribution in [0.25, 0.3) is 0 Å². The van der Waals surface area contributed by atoms with E-state index in [9.17, 15) is 9.59 Å². The Morgan fingerprint density at radius 3 is 1.84 bits per heavy atom. The van der Waals surface area contributed by atoms with E-state index in [1.807, 2.05) is 65.0 Å². The number of hydrogen-bond donors (Lipinski definition) is 1. The summed E-state index contributed by atoms with van der Waals surface area (Å²) in [5.74, 6) is -0.352. The first-order valence-corrected chi connectivity index (χ1v) is 8.39. The van der Waals surface area contributed by atoms with Crippen LogP contribution in [0, 0.1) is 34.6 Å². The van der Waals surface area contributed by atoms with Crippen LogP contribution in [0.1, 0.15) is 38.2 Å². The fourth-order valence-corrected chi connectivity index (χ4v) is 3.16. The lowest BCUT2D eigenvalue weighted by Crippen LogP contribution is -2.35. The molecule has 0 fully saturated rings. The fourth-order valence-electron chi connectivity index (χ4n) is 3.16. The van der Waals surface area contributed by atoms with Gasteiger partial charge >= 0.3 is 0 Å². The molecule has 0 saturated heterocycles. The van der Waals surface area contributed by atoms with E-state index in [2.05, 4.69) is 5.32 Å². The number of hydrogen-bond acceptors (Lipinski definition) is 2. The molecule has 4 heteroatoms. The van der Waals surface area contributed by atoms with Gasteiger partial charge in [-0.05, 0) is 57.9 Å². The van der Waals surface area contributed by atoms with E-state index in [0.29, 0.717) is 5.56 Å². The van der Waals surface area contributed by atoms with Crippen LogP contribution < -0.4 is 5.32 Å². The molecule has 0 spiro atoms. The van der Waals surface area contributed by atoms with Gasteiger partial charge in [0.1, 0.15) is 0 Å². The van der Waals surface area contributed by atoms with Crippen molar-refractivity contribution in [3.8, 4) is 0 Å². The van der Waals surface area contributed by atoms with Gasteiger partial charge in [-0.25, -0.2) is 0 Å². The van der Waals surface area contributed by atoms with Gasteiger partial charge in [0.05, 0.1) is 6.54 Å². The second-order valence-corrected chi connectivity index (χ2v) is 6.86. The fraction of sp³-hybridized carbons (Fsp3) is 0.333. The molecular weight excluding hydrogens is 312 g/mol. The van der Waals surface area contributed by atoms with Crippen LogP contribution in [-0.4, -0.2) is 30.3 Å². The van der Waals surface area contributed by atoms with Crippen molar-refractivity contribution < 1.29 is 9.59 Å². The van der Waals surface area contributed by atoms with E-state index < -0.39 is 0 Å². The lowest BCUT2D eigenvalue weighted by Gasteiger charge is -2.19. The first-order chi connectivity index (χ1) is 11.7. The van der Waals surface area contributed by atoms with E-state index in [4.69, 9.17) is 0 Å². The Hall–Kier alpha value is -2.62. The van der Waals surface area contributed by atoms with Gasteiger partial charge in [-0.2, -0.15) is 0 Å². The Morgan fingerprint density at radius 1 is 0.840 bits per heavy atom. The third kappa shape index (κ3) is 4.69. The largest absolute Gasteiger partial charge is 0.332 e. The Morgan fingerprint density at radius 2 is 1.32 bits per heavy atom.